The molecule has 0 bridgehead atoms. The van der Waals surface area contributed by atoms with Gasteiger partial charge in [-0.05, 0) is 42.8 Å². The summed E-state index contributed by atoms with van der Waals surface area (Å²) in [5, 5.41) is 0.599. The molecule has 4 aromatic heterocycles. The first-order valence-corrected chi connectivity index (χ1v) is 11.4. The van der Waals surface area contributed by atoms with E-state index in [1.165, 1.54) is 10.8 Å². The summed E-state index contributed by atoms with van der Waals surface area (Å²) in [6.45, 7) is 3.24. The minimum absolute atomic E-state index is 0.157. The van der Waals surface area contributed by atoms with E-state index >= 15 is 0 Å². The molecule has 0 saturated carbocycles. The maximum atomic E-state index is 13.4. The van der Waals surface area contributed by atoms with Crippen LogP contribution in [0.1, 0.15) is 18.2 Å². The highest BCUT2D eigenvalue weighted by atomic mass is 19.4. The Balaban J connectivity index is 1.56. The zero-order valence-corrected chi connectivity index (χ0v) is 19.9. The first-order valence-electron chi connectivity index (χ1n) is 11.4. The molecule has 0 atom stereocenters. The lowest BCUT2D eigenvalue weighted by Gasteiger charge is -2.37. The number of benzene rings is 1. The molecular weight excluding hydrogens is 485 g/mol. The van der Waals surface area contributed by atoms with Gasteiger partial charge in [-0.1, -0.05) is 6.07 Å². The van der Waals surface area contributed by atoms with Crippen LogP contribution >= 0.6 is 0 Å². The second-order valence-corrected chi connectivity index (χ2v) is 9.51. The molecule has 1 saturated heterocycles. The van der Waals surface area contributed by atoms with Gasteiger partial charge in [0.05, 0.1) is 64.5 Å². The van der Waals surface area contributed by atoms with Gasteiger partial charge in [-0.2, -0.15) is 13.2 Å². The fourth-order valence-electron chi connectivity index (χ4n) is 4.71. The number of ether oxygens (including phenoxy) is 1. The van der Waals surface area contributed by atoms with Crippen LogP contribution in [-0.4, -0.2) is 37.3 Å². The fraction of sp³-hybridized carbons (Fsp3) is 0.231. The Hall–Kier alpha value is -4.25. The van der Waals surface area contributed by atoms with Crippen LogP contribution < -0.4 is 11.4 Å². The Labute approximate surface area is 208 Å². The summed E-state index contributed by atoms with van der Waals surface area (Å²) in [6.07, 6.45) is -0.0864. The molecule has 1 aromatic carbocycles. The summed E-state index contributed by atoms with van der Waals surface area (Å²) in [5.41, 5.74) is 7.92. The average Bonchev–Trinajstić information content (AvgIpc) is 3.12. The number of halogens is 3. The van der Waals surface area contributed by atoms with Gasteiger partial charge in [-0.15, -0.1) is 0 Å². The van der Waals surface area contributed by atoms with E-state index in [0.29, 0.717) is 46.4 Å². The first kappa shape index (κ1) is 23.2. The van der Waals surface area contributed by atoms with Crippen molar-refractivity contribution in [2.75, 3.05) is 18.9 Å². The first-order chi connectivity index (χ1) is 17.6. The Morgan fingerprint density at radius 2 is 1.78 bits per heavy atom. The lowest BCUT2D eigenvalue weighted by molar-refractivity contribution is -0.137. The number of hydrogen-bond acceptors (Lipinski definition) is 6. The summed E-state index contributed by atoms with van der Waals surface area (Å²) < 4.78 is 48.7. The number of nitrogen functional groups attached to an aromatic ring is 1. The van der Waals surface area contributed by atoms with Gasteiger partial charge in [0, 0.05) is 24.2 Å². The van der Waals surface area contributed by atoms with Gasteiger partial charge in [0.1, 0.15) is 5.82 Å². The monoisotopic (exact) mass is 506 g/mol. The number of rotatable bonds is 3. The number of pyridine rings is 3. The van der Waals surface area contributed by atoms with Crippen LogP contribution in [0.25, 0.3) is 38.8 Å². The van der Waals surface area contributed by atoms with Crippen LogP contribution in [0.4, 0.5) is 19.0 Å². The van der Waals surface area contributed by atoms with Gasteiger partial charge in [0.2, 0.25) is 0 Å². The van der Waals surface area contributed by atoms with Gasteiger partial charge < -0.3 is 10.5 Å². The van der Waals surface area contributed by atoms with Crippen molar-refractivity contribution in [3.05, 3.63) is 76.7 Å². The number of imidazole rings is 1. The molecule has 6 rings (SSSR count). The molecule has 8 nitrogen and oxygen atoms in total. The molecule has 0 unspecified atom stereocenters. The lowest BCUT2D eigenvalue weighted by atomic mass is 9.84. The van der Waals surface area contributed by atoms with Crippen molar-refractivity contribution in [3.8, 4) is 16.8 Å². The van der Waals surface area contributed by atoms with E-state index in [2.05, 4.69) is 21.9 Å². The lowest BCUT2D eigenvalue weighted by Crippen LogP contribution is -2.44. The summed E-state index contributed by atoms with van der Waals surface area (Å²) >= 11 is 0. The standard InChI is InChI=1S/C26H21F3N6O2/c1-25(12-37-13-25)21-6-4-16(10-32-21)35-22-17-7-14(15-8-18(26(27,28)29)23(30)33-9-15)3-5-19(17)31-11-20(22)34(2)24(35)36/h3-11H,12-13H2,1-2H3,(H2,30,33). The number of alkyl halides is 3. The van der Waals surface area contributed by atoms with Gasteiger partial charge in [0.25, 0.3) is 0 Å². The Bertz CT molecular complexity index is 1750. The Kier molecular flexibility index (Phi) is 4.93. The highest BCUT2D eigenvalue weighted by Crippen LogP contribution is 2.36. The number of anilines is 1. The van der Waals surface area contributed by atoms with Crippen molar-refractivity contribution in [3.63, 3.8) is 0 Å². The van der Waals surface area contributed by atoms with Crippen molar-refractivity contribution < 1.29 is 17.9 Å². The molecule has 11 heteroatoms. The van der Waals surface area contributed by atoms with Crippen LogP contribution in [0.2, 0.25) is 0 Å². The van der Waals surface area contributed by atoms with Crippen molar-refractivity contribution in [1.82, 2.24) is 24.1 Å². The molecule has 1 aliphatic heterocycles. The quantitative estimate of drug-likeness (QED) is 0.393. The maximum absolute atomic E-state index is 13.4. The maximum Gasteiger partial charge on any atom is 0.419 e. The number of aromatic nitrogens is 5. The van der Waals surface area contributed by atoms with Crippen LogP contribution in [0.15, 0.2) is 59.8 Å². The normalized spacial score (nSPS) is 15.3. The van der Waals surface area contributed by atoms with Gasteiger partial charge in [-0.25, -0.2) is 9.78 Å². The number of aryl methyl sites for hydroxylation is 1. The predicted molar refractivity (Wildman–Crippen MR) is 132 cm³/mol. The molecule has 0 aliphatic carbocycles. The average molecular weight is 506 g/mol. The van der Waals surface area contributed by atoms with E-state index in [0.717, 1.165) is 11.8 Å². The zero-order valence-electron chi connectivity index (χ0n) is 19.9. The molecule has 1 aliphatic rings. The molecule has 37 heavy (non-hydrogen) atoms. The molecule has 5 heterocycles. The molecule has 2 N–H and O–H groups in total. The highest BCUT2D eigenvalue weighted by molar-refractivity contribution is 6.04. The molecule has 0 radical (unpaired) electrons. The third-order valence-corrected chi connectivity index (χ3v) is 6.91. The van der Waals surface area contributed by atoms with Crippen LogP contribution in [0, 0.1) is 0 Å². The van der Waals surface area contributed by atoms with Crippen LogP contribution in [0.3, 0.4) is 0 Å². The number of nitrogens with two attached hydrogens (primary N) is 1. The zero-order chi connectivity index (χ0) is 26.1. The molecular formula is C26H21F3N6O2. The highest BCUT2D eigenvalue weighted by Gasteiger charge is 2.36. The minimum Gasteiger partial charge on any atom is -0.383 e. The van der Waals surface area contributed by atoms with Crippen molar-refractivity contribution in [2.45, 2.75) is 18.5 Å². The number of hydrogen-bond donors (Lipinski definition) is 1. The van der Waals surface area contributed by atoms with E-state index in [4.69, 9.17) is 10.5 Å². The molecule has 1 fully saturated rings. The van der Waals surface area contributed by atoms with Crippen LogP contribution in [-0.2, 0) is 23.4 Å². The van der Waals surface area contributed by atoms with Gasteiger partial charge >= 0.3 is 11.9 Å². The Morgan fingerprint density at radius 3 is 2.43 bits per heavy atom. The third-order valence-electron chi connectivity index (χ3n) is 6.91. The molecule has 0 spiro atoms. The molecule has 188 valence electrons. The van der Waals surface area contributed by atoms with Crippen molar-refractivity contribution >= 4 is 27.8 Å². The predicted octanol–water partition coefficient (Wildman–Crippen LogP) is 4.22. The number of fused-ring (bicyclic) bond motifs is 3. The van der Waals surface area contributed by atoms with Crippen molar-refractivity contribution in [1.29, 1.82) is 0 Å². The second kappa shape index (κ2) is 7.87. The molecule has 5 aromatic rings. The summed E-state index contributed by atoms with van der Waals surface area (Å²) in [5.74, 6) is -0.587. The van der Waals surface area contributed by atoms with E-state index in [1.807, 2.05) is 12.1 Å². The minimum atomic E-state index is -4.64. The van der Waals surface area contributed by atoms with Crippen molar-refractivity contribution in [2.24, 2.45) is 7.05 Å². The number of nitrogens with zero attached hydrogens (tertiary/aromatic N) is 5. The third kappa shape index (κ3) is 3.57. The largest absolute Gasteiger partial charge is 0.419 e. The topological polar surface area (TPSA) is 101 Å². The Morgan fingerprint density at radius 1 is 1.00 bits per heavy atom. The molecule has 0 amide bonds. The van der Waals surface area contributed by atoms with E-state index in [-0.39, 0.29) is 16.7 Å². The van der Waals surface area contributed by atoms with Crippen LogP contribution in [0.5, 0.6) is 0 Å². The smallest absolute Gasteiger partial charge is 0.383 e. The van der Waals surface area contributed by atoms with E-state index in [1.54, 1.807) is 42.2 Å². The second-order valence-electron chi connectivity index (χ2n) is 9.51. The van der Waals surface area contributed by atoms with Gasteiger partial charge in [-0.3, -0.25) is 19.1 Å². The van der Waals surface area contributed by atoms with E-state index in [9.17, 15) is 18.0 Å². The SMILES string of the molecule is Cn1c(=O)n(-c2ccc(C3(C)COC3)nc2)c2c3cc(-c4cnc(N)c(C(F)(F)F)c4)ccc3ncc21. The van der Waals surface area contributed by atoms with E-state index < -0.39 is 17.6 Å². The summed E-state index contributed by atoms with van der Waals surface area (Å²) in [4.78, 5) is 26.2. The fourth-order valence-corrected chi connectivity index (χ4v) is 4.71. The summed E-state index contributed by atoms with van der Waals surface area (Å²) in [7, 11) is 1.65. The summed E-state index contributed by atoms with van der Waals surface area (Å²) in [6, 6.07) is 9.77. The van der Waals surface area contributed by atoms with Gasteiger partial charge in [0.15, 0.2) is 0 Å².